The average molecular weight is 1470 g/mol. The maximum atomic E-state index is 5.83. The number of rotatable bonds is 12. The highest BCUT2D eigenvalue weighted by atomic mass is 32.1. The van der Waals surface area contributed by atoms with Gasteiger partial charge in [0, 0.05) is 108 Å². The summed E-state index contributed by atoms with van der Waals surface area (Å²) in [4.78, 5) is 0. The molecule has 111 heavy (non-hydrogen) atoms. The van der Waals surface area contributed by atoms with E-state index < -0.39 is 0 Å². The third-order valence-electron chi connectivity index (χ3n) is 20.2. The van der Waals surface area contributed by atoms with Crippen LogP contribution >= 0.6 is 22.7 Å². The van der Waals surface area contributed by atoms with Crippen LogP contribution in [0.1, 0.15) is 25.0 Å². The molecule has 5 N–H and O–H groups in total. The van der Waals surface area contributed by atoms with Gasteiger partial charge in [0.1, 0.15) is 11.2 Å². The predicted molar refractivity (Wildman–Crippen MR) is 480 cm³/mol. The fraction of sp³-hybridized carbons (Fsp3) is 0.0291. The van der Waals surface area contributed by atoms with Crippen molar-refractivity contribution < 1.29 is 4.42 Å². The average Bonchev–Trinajstić information content (AvgIpc) is 1.58. The molecule has 3 heterocycles. The third kappa shape index (κ3) is 15.8. The lowest BCUT2D eigenvalue weighted by molar-refractivity contribution is 0.660. The molecule has 0 bridgehead atoms. The number of benzene rings is 17. The molecule has 1 aliphatic rings. The van der Waals surface area contributed by atoms with E-state index in [1.165, 1.54) is 95.6 Å². The smallest absolute Gasteiger partial charge is 0.135 e. The van der Waals surface area contributed by atoms with Crippen LogP contribution in [0.2, 0.25) is 0 Å². The maximum absolute atomic E-state index is 5.83. The molecule has 0 fully saturated rings. The Morgan fingerprint density at radius 1 is 0.225 bits per heavy atom. The first kappa shape index (κ1) is 70.2. The van der Waals surface area contributed by atoms with Crippen molar-refractivity contribution >= 4 is 153 Å². The Balaban J connectivity index is 0.000000105. The predicted octanol–water partition coefficient (Wildman–Crippen LogP) is 30.6. The molecule has 0 radical (unpaired) electrons. The summed E-state index contributed by atoms with van der Waals surface area (Å²) in [7, 11) is 0. The first-order chi connectivity index (χ1) is 54.7. The van der Waals surface area contributed by atoms with E-state index in [-0.39, 0.29) is 5.41 Å². The molecule has 21 rings (SSSR count). The second-order valence-corrected chi connectivity index (χ2v) is 30.1. The minimum atomic E-state index is -0.0115. The normalized spacial score (nSPS) is 11.6. The summed E-state index contributed by atoms with van der Waals surface area (Å²) in [6.45, 7) is 4.67. The van der Waals surface area contributed by atoms with Crippen LogP contribution in [0.5, 0.6) is 0 Å². The largest absolute Gasteiger partial charge is 0.456 e. The zero-order valence-electron chi connectivity index (χ0n) is 61.5. The van der Waals surface area contributed by atoms with Crippen LogP contribution in [-0.4, -0.2) is 0 Å². The fourth-order valence-electron chi connectivity index (χ4n) is 14.7. The van der Waals surface area contributed by atoms with E-state index in [1.54, 1.807) is 0 Å². The van der Waals surface area contributed by atoms with E-state index in [1.807, 2.05) is 168 Å². The van der Waals surface area contributed by atoms with Crippen LogP contribution in [-0.2, 0) is 5.41 Å². The Hall–Kier alpha value is -13.8. The Labute approximate surface area is 655 Å². The topological polar surface area (TPSA) is 73.3 Å². The first-order valence-electron chi connectivity index (χ1n) is 37.5. The minimum absolute atomic E-state index is 0.0115. The number of thiophene rings is 2. The molecule has 0 spiro atoms. The number of anilines is 10. The Morgan fingerprint density at radius 2 is 0.649 bits per heavy atom. The van der Waals surface area contributed by atoms with Gasteiger partial charge in [0.2, 0.25) is 0 Å². The molecule has 1 aliphatic carbocycles. The van der Waals surface area contributed by atoms with Gasteiger partial charge in [-0.25, -0.2) is 0 Å². The van der Waals surface area contributed by atoms with E-state index in [4.69, 9.17) is 4.42 Å². The van der Waals surface area contributed by atoms with Gasteiger partial charge in [-0.05, 0) is 202 Å². The molecule has 0 unspecified atom stereocenters. The lowest BCUT2D eigenvalue weighted by Crippen LogP contribution is -2.15. The zero-order valence-corrected chi connectivity index (χ0v) is 63.1. The quantitative estimate of drug-likeness (QED) is 0.0840. The summed E-state index contributed by atoms with van der Waals surface area (Å²) in [6, 6.07) is 144. The van der Waals surface area contributed by atoms with Gasteiger partial charge in [-0.1, -0.05) is 275 Å². The monoisotopic (exact) mass is 1470 g/mol. The molecule has 6 nitrogen and oxygen atoms in total. The molecule has 0 saturated carbocycles. The minimum Gasteiger partial charge on any atom is -0.456 e. The maximum Gasteiger partial charge on any atom is 0.135 e. The number of para-hydroxylation sites is 6. The summed E-state index contributed by atoms with van der Waals surface area (Å²) < 4.78 is 11.1. The highest BCUT2D eigenvalue weighted by Crippen LogP contribution is 2.50. The Bertz CT molecular complexity index is 6520. The number of furan rings is 1. The van der Waals surface area contributed by atoms with Crippen molar-refractivity contribution in [3.63, 3.8) is 0 Å². The van der Waals surface area contributed by atoms with E-state index >= 15 is 0 Å². The number of fused-ring (bicyclic) bond motifs is 13. The molecule has 3 aromatic heterocycles. The summed E-state index contributed by atoms with van der Waals surface area (Å²) in [5.41, 5.74) is 23.5. The van der Waals surface area contributed by atoms with Gasteiger partial charge in [-0.2, -0.15) is 0 Å². The van der Waals surface area contributed by atoms with Crippen molar-refractivity contribution in [2.75, 3.05) is 26.6 Å². The standard InChI is InChI=1S/C33H25NS.C24H17NS.C18H13NO.C16H13N.C12H11N/c1-33(2)28-14-8-6-12-24(28)25-17-16-23(20-29(25)33)34-30-19-22(21-10-4-3-5-11-21)18-27-26-13-7-9-15-31(26)35-32(27)30;1-3-7-17(8-4-1)18-11-13-23-21(15-18)22-16-20(12-14-24(22)26-23)25-19-9-5-2-6-10-19;1-2-6-13(7-3-1)19-14-10-11-18-16(12-14)15-8-4-5-9-17(15)20-18;1-2-9-14(10-3-1)17-16-12-6-8-13-7-4-5-11-15(13)16;1-3-7-11(8-4-1)13-12-9-5-2-6-10-12/h3-20,34H,1-2H3;1-16,25H;1-12,19H;1-12,17H;1-10,13H. The van der Waals surface area contributed by atoms with Crippen molar-refractivity contribution in [3.05, 3.63) is 424 Å². The van der Waals surface area contributed by atoms with Crippen LogP contribution in [0.3, 0.4) is 0 Å². The molecule has 8 heteroatoms. The van der Waals surface area contributed by atoms with Crippen molar-refractivity contribution in [2.45, 2.75) is 19.3 Å². The Morgan fingerprint density at radius 3 is 1.29 bits per heavy atom. The SMILES string of the molecule is CC1(C)c2ccccc2-c2ccc(Nc3cc(-c4ccccc4)cc4c3sc3ccccc34)cc21.c1ccc(Nc2ccc3oc4ccccc4c3c2)cc1.c1ccc(Nc2ccc3sc4ccc(-c5ccccc5)cc4c3c2)cc1.c1ccc(Nc2cccc3ccccc23)cc1.c1ccc(Nc2ccccc2)cc1. The van der Waals surface area contributed by atoms with E-state index in [0.717, 1.165) is 78.8 Å². The molecule has 0 atom stereocenters. The highest BCUT2D eigenvalue weighted by molar-refractivity contribution is 7.26. The number of nitrogens with one attached hydrogen (secondary N) is 5. The summed E-state index contributed by atoms with van der Waals surface area (Å²) >= 11 is 3.72. The van der Waals surface area contributed by atoms with Gasteiger partial charge in [-0.3, -0.25) is 0 Å². The lowest BCUT2D eigenvalue weighted by atomic mass is 9.82. The van der Waals surface area contributed by atoms with Crippen LogP contribution in [0.15, 0.2) is 417 Å². The molecule has 0 amide bonds. The molecular formula is C103H79N5OS2. The van der Waals surface area contributed by atoms with Gasteiger partial charge in [0.15, 0.2) is 0 Å². The van der Waals surface area contributed by atoms with Crippen LogP contribution < -0.4 is 26.6 Å². The highest BCUT2D eigenvalue weighted by Gasteiger charge is 2.35. The molecule has 0 saturated heterocycles. The first-order valence-corrected chi connectivity index (χ1v) is 39.1. The summed E-state index contributed by atoms with van der Waals surface area (Å²) in [5.74, 6) is 0. The van der Waals surface area contributed by atoms with Crippen LogP contribution in [0, 0.1) is 0 Å². The van der Waals surface area contributed by atoms with Gasteiger partial charge >= 0.3 is 0 Å². The van der Waals surface area contributed by atoms with Crippen molar-refractivity contribution in [1.29, 1.82) is 0 Å². The second-order valence-electron chi connectivity index (χ2n) is 28.0. The lowest BCUT2D eigenvalue weighted by Gasteiger charge is -2.22. The number of hydrogen-bond donors (Lipinski definition) is 5. The zero-order chi connectivity index (χ0) is 74.7. The Kier molecular flexibility index (Phi) is 20.5. The summed E-state index contributed by atoms with van der Waals surface area (Å²) in [6.07, 6.45) is 0. The third-order valence-corrected chi connectivity index (χ3v) is 22.6. The van der Waals surface area contributed by atoms with Crippen LogP contribution in [0.25, 0.3) is 106 Å². The van der Waals surface area contributed by atoms with Crippen molar-refractivity contribution in [1.82, 2.24) is 0 Å². The second kappa shape index (κ2) is 32.4. The molecule has 0 aliphatic heterocycles. The number of hydrogen-bond acceptors (Lipinski definition) is 8. The van der Waals surface area contributed by atoms with E-state index in [9.17, 15) is 0 Å². The van der Waals surface area contributed by atoms with Crippen molar-refractivity contribution in [3.8, 4) is 33.4 Å². The van der Waals surface area contributed by atoms with Crippen molar-refractivity contribution in [2.24, 2.45) is 0 Å². The molecule has 17 aromatic carbocycles. The van der Waals surface area contributed by atoms with E-state index in [0.29, 0.717) is 0 Å². The van der Waals surface area contributed by atoms with Gasteiger partial charge in [-0.15, -0.1) is 22.7 Å². The molecular weight excluding hydrogens is 1390 g/mol. The van der Waals surface area contributed by atoms with Gasteiger partial charge in [0.25, 0.3) is 0 Å². The van der Waals surface area contributed by atoms with Gasteiger partial charge in [0.05, 0.1) is 10.4 Å². The van der Waals surface area contributed by atoms with Crippen LogP contribution in [0.4, 0.5) is 56.9 Å². The molecule has 20 aromatic rings. The van der Waals surface area contributed by atoms with E-state index in [2.05, 4.69) is 307 Å². The summed E-state index contributed by atoms with van der Waals surface area (Å²) in [5, 5.41) is 27.5. The fourth-order valence-corrected chi connectivity index (χ4v) is 16.9. The molecule has 534 valence electrons. The van der Waals surface area contributed by atoms with Gasteiger partial charge < -0.3 is 31.0 Å².